The third-order valence-corrected chi connectivity index (χ3v) is 4.22. The Kier molecular flexibility index (Phi) is 2.36. The number of amides is 1. The van der Waals surface area contributed by atoms with Crippen molar-refractivity contribution in [3.63, 3.8) is 0 Å². The summed E-state index contributed by atoms with van der Waals surface area (Å²) in [5.41, 5.74) is 3.38. The molecule has 21 heavy (non-hydrogen) atoms. The van der Waals surface area contributed by atoms with E-state index in [1.165, 1.54) is 0 Å². The maximum Gasteiger partial charge on any atom is 0.214 e. The lowest BCUT2D eigenvalue weighted by atomic mass is 9.81. The quantitative estimate of drug-likeness (QED) is 0.639. The Hall–Kier alpha value is -2.75. The summed E-state index contributed by atoms with van der Waals surface area (Å²) in [6.45, 7) is 0.554. The number of ketones is 2. The van der Waals surface area contributed by atoms with Crippen molar-refractivity contribution in [3.05, 3.63) is 64.2 Å². The molecule has 0 saturated carbocycles. The fraction of sp³-hybridized carbons (Fsp3) is 0.118. The molecular formula is C17H11NO3. The van der Waals surface area contributed by atoms with Gasteiger partial charge in [-0.05, 0) is 24.1 Å². The van der Waals surface area contributed by atoms with Crippen LogP contribution in [0.15, 0.2) is 36.4 Å². The molecule has 0 bridgehead atoms. The zero-order chi connectivity index (χ0) is 14.6. The van der Waals surface area contributed by atoms with E-state index in [2.05, 4.69) is 0 Å². The molecule has 2 aromatic rings. The number of rotatable bonds is 1. The number of carbonyl (C=O) groups excluding carboxylic acids is 3. The number of carbonyl (C=O) groups is 3. The van der Waals surface area contributed by atoms with Gasteiger partial charge in [0.05, 0.1) is 0 Å². The maximum absolute atomic E-state index is 12.7. The van der Waals surface area contributed by atoms with Crippen molar-refractivity contribution < 1.29 is 14.4 Å². The van der Waals surface area contributed by atoms with Crippen molar-refractivity contribution in [3.8, 4) is 0 Å². The Morgan fingerprint density at radius 1 is 0.905 bits per heavy atom. The van der Waals surface area contributed by atoms with Gasteiger partial charge in [0, 0.05) is 34.5 Å². The van der Waals surface area contributed by atoms with Crippen LogP contribution < -0.4 is 4.90 Å². The van der Waals surface area contributed by atoms with Crippen molar-refractivity contribution in [2.45, 2.75) is 6.42 Å². The van der Waals surface area contributed by atoms with Crippen LogP contribution in [0.3, 0.4) is 0 Å². The van der Waals surface area contributed by atoms with Gasteiger partial charge in [-0.1, -0.05) is 24.3 Å². The number of benzene rings is 2. The summed E-state index contributed by atoms with van der Waals surface area (Å²) in [5.74, 6) is -0.239. The molecule has 1 amide bonds. The molecule has 1 aliphatic carbocycles. The minimum absolute atomic E-state index is 0.118. The van der Waals surface area contributed by atoms with Gasteiger partial charge in [-0.3, -0.25) is 14.4 Å². The van der Waals surface area contributed by atoms with Crippen LogP contribution in [0.2, 0.25) is 0 Å². The van der Waals surface area contributed by atoms with Gasteiger partial charge in [-0.2, -0.15) is 0 Å². The Bertz CT molecular complexity index is 823. The summed E-state index contributed by atoms with van der Waals surface area (Å²) in [4.78, 5) is 38.0. The number of hydrogen-bond donors (Lipinski definition) is 0. The highest BCUT2D eigenvalue weighted by Crippen LogP contribution is 2.37. The van der Waals surface area contributed by atoms with Crippen LogP contribution in [0, 0.1) is 0 Å². The molecular weight excluding hydrogens is 266 g/mol. The average Bonchev–Trinajstić information content (AvgIpc) is 2.95. The average molecular weight is 277 g/mol. The van der Waals surface area contributed by atoms with Crippen LogP contribution in [0.5, 0.6) is 0 Å². The van der Waals surface area contributed by atoms with Crippen LogP contribution in [-0.2, 0) is 11.2 Å². The lowest BCUT2D eigenvalue weighted by Gasteiger charge is -2.20. The number of nitrogens with zero attached hydrogens (tertiary/aromatic N) is 1. The summed E-state index contributed by atoms with van der Waals surface area (Å²) in [7, 11) is 0. The van der Waals surface area contributed by atoms with E-state index in [1.54, 1.807) is 41.3 Å². The first kappa shape index (κ1) is 12.0. The Labute approximate surface area is 121 Å². The van der Waals surface area contributed by atoms with Crippen molar-refractivity contribution in [2.75, 3.05) is 11.4 Å². The molecule has 0 aromatic heterocycles. The number of anilines is 1. The molecule has 1 heterocycles. The highest BCUT2D eigenvalue weighted by Gasteiger charge is 2.34. The predicted octanol–water partition coefficient (Wildman–Crippen LogP) is 1.98. The molecule has 102 valence electrons. The minimum atomic E-state index is -0.121. The van der Waals surface area contributed by atoms with Crippen molar-refractivity contribution in [1.29, 1.82) is 0 Å². The highest BCUT2D eigenvalue weighted by atomic mass is 16.1. The largest absolute Gasteiger partial charge is 0.314 e. The summed E-state index contributed by atoms with van der Waals surface area (Å²) in [6, 6.07) is 10.3. The monoisotopic (exact) mass is 277 g/mol. The molecule has 0 saturated heterocycles. The van der Waals surface area contributed by atoms with Gasteiger partial charge in [0.1, 0.15) is 0 Å². The van der Waals surface area contributed by atoms with Crippen LogP contribution in [0.1, 0.15) is 37.4 Å². The van der Waals surface area contributed by atoms with E-state index in [1.807, 2.05) is 0 Å². The molecule has 4 rings (SSSR count). The molecule has 0 radical (unpaired) electrons. The van der Waals surface area contributed by atoms with Gasteiger partial charge in [-0.25, -0.2) is 0 Å². The first-order chi connectivity index (χ1) is 10.2. The molecule has 0 spiro atoms. The maximum atomic E-state index is 12.7. The predicted molar refractivity (Wildman–Crippen MR) is 76.9 cm³/mol. The molecule has 0 fully saturated rings. The third kappa shape index (κ3) is 1.47. The van der Waals surface area contributed by atoms with Crippen LogP contribution in [0.4, 0.5) is 5.69 Å². The third-order valence-electron chi connectivity index (χ3n) is 4.22. The fourth-order valence-electron chi connectivity index (χ4n) is 3.23. The first-order valence-corrected chi connectivity index (χ1v) is 6.78. The van der Waals surface area contributed by atoms with Crippen molar-refractivity contribution in [2.24, 2.45) is 0 Å². The van der Waals surface area contributed by atoms with E-state index in [9.17, 15) is 14.4 Å². The topological polar surface area (TPSA) is 54.5 Å². The molecule has 0 N–H and O–H groups in total. The number of hydrogen-bond acceptors (Lipinski definition) is 3. The molecule has 4 nitrogen and oxygen atoms in total. The van der Waals surface area contributed by atoms with E-state index in [0.29, 0.717) is 35.2 Å². The van der Waals surface area contributed by atoms with Gasteiger partial charge in [0.25, 0.3) is 0 Å². The van der Waals surface area contributed by atoms with E-state index < -0.39 is 0 Å². The van der Waals surface area contributed by atoms with E-state index in [-0.39, 0.29) is 11.6 Å². The summed E-state index contributed by atoms with van der Waals surface area (Å²) < 4.78 is 0. The summed E-state index contributed by atoms with van der Waals surface area (Å²) >= 11 is 0. The van der Waals surface area contributed by atoms with Gasteiger partial charge in [0.15, 0.2) is 11.6 Å². The molecule has 1 aliphatic heterocycles. The molecule has 0 atom stereocenters. The minimum Gasteiger partial charge on any atom is -0.314 e. The van der Waals surface area contributed by atoms with E-state index >= 15 is 0 Å². The normalized spacial score (nSPS) is 15.5. The first-order valence-electron chi connectivity index (χ1n) is 6.78. The Morgan fingerprint density at radius 3 is 2.33 bits per heavy atom. The van der Waals surface area contributed by atoms with E-state index in [0.717, 1.165) is 17.7 Å². The van der Waals surface area contributed by atoms with Gasteiger partial charge >= 0.3 is 0 Å². The molecule has 4 heteroatoms. The summed E-state index contributed by atoms with van der Waals surface area (Å²) in [6.07, 6.45) is 1.37. The van der Waals surface area contributed by atoms with Crippen LogP contribution >= 0.6 is 0 Å². The van der Waals surface area contributed by atoms with Gasteiger partial charge < -0.3 is 4.90 Å². The molecule has 2 aromatic carbocycles. The second-order valence-electron chi connectivity index (χ2n) is 5.24. The Balaban J connectivity index is 2.01. The molecule has 2 aliphatic rings. The van der Waals surface area contributed by atoms with Crippen molar-refractivity contribution in [1.82, 2.24) is 0 Å². The van der Waals surface area contributed by atoms with Gasteiger partial charge in [0.2, 0.25) is 6.41 Å². The van der Waals surface area contributed by atoms with Gasteiger partial charge in [-0.15, -0.1) is 0 Å². The van der Waals surface area contributed by atoms with Crippen molar-refractivity contribution >= 4 is 23.7 Å². The summed E-state index contributed by atoms with van der Waals surface area (Å²) in [5, 5.41) is 0. The van der Waals surface area contributed by atoms with E-state index in [4.69, 9.17) is 0 Å². The number of fused-ring (bicyclic) bond motifs is 4. The fourth-order valence-corrected chi connectivity index (χ4v) is 3.23. The zero-order valence-electron chi connectivity index (χ0n) is 11.1. The molecule has 0 unspecified atom stereocenters. The lowest BCUT2D eigenvalue weighted by molar-refractivity contribution is -0.107. The zero-order valence-corrected chi connectivity index (χ0v) is 11.1. The lowest BCUT2D eigenvalue weighted by Crippen LogP contribution is -2.22. The standard InChI is InChI=1S/C17H11NO3/c19-9-18-8-7-12-14(18)6-5-13-15(12)17(21)11-4-2-1-3-10(11)16(13)20/h1-6,9H,7-8H2. The van der Waals surface area contributed by atoms with Crippen LogP contribution in [0.25, 0.3) is 0 Å². The highest BCUT2D eigenvalue weighted by molar-refractivity contribution is 6.29. The SMILES string of the molecule is O=CN1CCc2c1ccc1c2C(=O)c2ccccc2C1=O. The smallest absolute Gasteiger partial charge is 0.214 e. The Morgan fingerprint density at radius 2 is 1.62 bits per heavy atom. The second-order valence-corrected chi connectivity index (χ2v) is 5.24. The van der Waals surface area contributed by atoms with Crippen LogP contribution in [-0.4, -0.2) is 24.5 Å². The second kappa shape index (κ2) is 4.12.